The summed E-state index contributed by atoms with van der Waals surface area (Å²) in [5.74, 6) is -0.865. The molecule has 0 spiro atoms. The quantitative estimate of drug-likeness (QED) is 0.545. The molecule has 0 aliphatic carbocycles. The molecule has 0 radical (unpaired) electrons. The normalized spacial score (nSPS) is 22.8. The minimum Gasteiger partial charge on any atom is -0.480 e. The average molecular weight is 292 g/mol. The molecule has 6 heteroatoms. The third-order valence-electron chi connectivity index (χ3n) is 3.57. The van der Waals surface area contributed by atoms with E-state index in [4.69, 9.17) is 15.6 Å². The molecule has 21 heavy (non-hydrogen) atoms. The second kappa shape index (κ2) is 6.69. The van der Waals surface area contributed by atoms with E-state index >= 15 is 0 Å². The molecule has 4 N–H and O–H groups in total. The Bertz CT molecular complexity index is 515. The molecule has 114 valence electrons. The molecule has 1 saturated heterocycles. The van der Waals surface area contributed by atoms with Crippen LogP contribution in [0.3, 0.4) is 0 Å². The van der Waals surface area contributed by atoms with Crippen LogP contribution < -0.4 is 15.8 Å². The summed E-state index contributed by atoms with van der Waals surface area (Å²) in [4.78, 5) is 22.6. The summed E-state index contributed by atoms with van der Waals surface area (Å²) in [6.07, 6.45) is 1.99. The largest absolute Gasteiger partial charge is 0.480 e. The molecule has 1 unspecified atom stereocenters. The van der Waals surface area contributed by atoms with Gasteiger partial charge in [0.1, 0.15) is 17.8 Å². The molecule has 1 fully saturated rings. The third-order valence-corrected chi connectivity index (χ3v) is 3.57. The van der Waals surface area contributed by atoms with Gasteiger partial charge in [0.25, 0.3) is 0 Å². The smallest absolute Gasteiger partial charge is 0.328 e. The Balaban J connectivity index is 1.90. The van der Waals surface area contributed by atoms with Crippen molar-refractivity contribution in [1.82, 2.24) is 5.32 Å². The van der Waals surface area contributed by atoms with Gasteiger partial charge >= 0.3 is 11.9 Å². The Labute approximate surface area is 123 Å². The second-order valence-corrected chi connectivity index (χ2v) is 5.41. The van der Waals surface area contributed by atoms with Crippen LogP contribution in [0.25, 0.3) is 0 Å². The molecule has 6 nitrogen and oxygen atoms in total. The lowest BCUT2D eigenvalue weighted by molar-refractivity contribution is -0.138. The van der Waals surface area contributed by atoms with Gasteiger partial charge in [0.15, 0.2) is 0 Å². The fourth-order valence-corrected chi connectivity index (χ4v) is 2.33. The number of rotatable bonds is 5. The maximum Gasteiger partial charge on any atom is 0.328 e. The van der Waals surface area contributed by atoms with E-state index in [1.54, 1.807) is 24.3 Å². The summed E-state index contributed by atoms with van der Waals surface area (Å²) < 4.78 is 5.31. The van der Waals surface area contributed by atoms with Crippen molar-refractivity contribution in [2.45, 2.75) is 44.3 Å². The lowest BCUT2D eigenvalue weighted by Gasteiger charge is -2.12. The first-order valence-corrected chi connectivity index (χ1v) is 7.01. The molecule has 2 rings (SSSR count). The highest BCUT2D eigenvalue weighted by Gasteiger charge is 2.28. The van der Waals surface area contributed by atoms with Crippen LogP contribution in [-0.4, -0.2) is 35.2 Å². The number of esters is 1. The molecule has 1 aromatic carbocycles. The summed E-state index contributed by atoms with van der Waals surface area (Å²) in [5, 5.41) is 11.9. The molecule has 0 saturated carbocycles. The number of hydrogen-bond acceptors (Lipinski definition) is 5. The number of carboxylic acids is 1. The number of hydrogen-bond donors (Lipinski definition) is 3. The first kappa shape index (κ1) is 15.5. The zero-order valence-electron chi connectivity index (χ0n) is 11.9. The number of nitrogens with two attached hydrogens (primary N) is 1. The zero-order valence-corrected chi connectivity index (χ0v) is 11.9. The number of benzene rings is 1. The predicted molar refractivity (Wildman–Crippen MR) is 77.0 cm³/mol. The van der Waals surface area contributed by atoms with Crippen LogP contribution in [0.15, 0.2) is 24.3 Å². The number of carbonyl (C=O) groups is 2. The van der Waals surface area contributed by atoms with Crippen molar-refractivity contribution in [2.75, 3.05) is 0 Å². The summed E-state index contributed by atoms with van der Waals surface area (Å²) >= 11 is 0. The van der Waals surface area contributed by atoms with Gasteiger partial charge in [-0.25, -0.2) is 4.79 Å². The summed E-state index contributed by atoms with van der Waals surface area (Å²) in [6, 6.07) is 5.90. The average Bonchev–Trinajstić information content (AvgIpc) is 2.87. The molecular weight excluding hydrogens is 272 g/mol. The number of nitrogens with one attached hydrogen (secondary N) is 1. The Morgan fingerprint density at radius 2 is 2.05 bits per heavy atom. The van der Waals surface area contributed by atoms with Gasteiger partial charge in [-0.15, -0.1) is 0 Å². The van der Waals surface area contributed by atoms with Gasteiger partial charge in [-0.2, -0.15) is 0 Å². The Hall–Kier alpha value is -1.92. The van der Waals surface area contributed by atoms with Gasteiger partial charge in [-0.3, -0.25) is 4.79 Å². The van der Waals surface area contributed by atoms with Crippen LogP contribution in [0.1, 0.15) is 25.3 Å². The Kier molecular flexibility index (Phi) is 4.93. The summed E-state index contributed by atoms with van der Waals surface area (Å²) in [6.45, 7) is 2.04. The molecular formula is C15H20N2O4. The van der Waals surface area contributed by atoms with Crippen molar-refractivity contribution in [3.8, 4) is 5.75 Å². The Morgan fingerprint density at radius 1 is 1.38 bits per heavy atom. The molecule has 0 bridgehead atoms. The maximum absolute atomic E-state index is 11.9. The zero-order chi connectivity index (χ0) is 15.4. The van der Waals surface area contributed by atoms with Crippen LogP contribution in [0.4, 0.5) is 0 Å². The molecule has 1 aliphatic rings. The van der Waals surface area contributed by atoms with E-state index in [0.29, 0.717) is 11.8 Å². The third kappa shape index (κ3) is 4.27. The van der Waals surface area contributed by atoms with Gasteiger partial charge in [0, 0.05) is 6.04 Å². The summed E-state index contributed by atoms with van der Waals surface area (Å²) in [7, 11) is 0. The lowest BCUT2D eigenvalue weighted by Crippen LogP contribution is -2.37. The van der Waals surface area contributed by atoms with Gasteiger partial charge in [0.2, 0.25) is 0 Å². The fraction of sp³-hybridized carbons (Fsp3) is 0.467. The predicted octanol–water partition coefficient (Wildman–Crippen LogP) is 0.687. The number of ether oxygens (including phenoxy) is 1. The topological polar surface area (TPSA) is 102 Å². The van der Waals surface area contributed by atoms with E-state index in [1.807, 2.05) is 6.92 Å². The Morgan fingerprint density at radius 3 is 2.57 bits per heavy atom. The van der Waals surface area contributed by atoms with Crippen LogP contribution in [0.2, 0.25) is 0 Å². The van der Waals surface area contributed by atoms with Gasteiger partial charge < -0.3 is 20.9 Å². The van der Waals surface area contributed by atoms with Crippen molar-refractivity contribution in [1.29, 1.82) is 0 Å². The molecule has 0 amide bonds. The number of aliphatic carboxylic acids is 1. The van der Waals surface area contributed by atoms with E-state index in [2.05, 4.69) is 5.32 Å². The van der Waals surface area contributed by atoms with Gasteiger partial charge in [-0.05, 0) is 43.9 Å². The van der Waals surface area contributed by atoms with Gasteiger partial charge in [0.05, 0.1) is 0 Å². The van der Waals surface area contributed by atoms with Crippen LogP contribution in [0.5, 0.6) is 5.75 Å². The summed E-state index contributed by atoms with van der Waals surface area (Å²) in [5.41, 5.74) is 6.26. The number of carbonyl (C=O) groups excluding carboxylic acids is 1. The monoisotopic (exact) mass is 292 g/mol. The first-order valence-electron chi connectivity index (χ1n) is 7.01. The van der Waals surface area contributed by atoms with Crippen molar-refractivity contribution in [2.24, 2.45) is 5.73 Å². The van der Waals surface area contributed by atoms with Crippen LogP contribution >= 0.6 is 0 Å². The van der Waals surface area contributed by atoms with Crippen molar-refractivity contribution in [3.63, 3.8) is 0 Å². The first-order chi connectivity index (χ1) is 9.95. The van der Waals surface area contributed by atoms with Crippen molar-refractivity contribution >= 4 is 11.9 Å². The molecule has 0 aromatic heterocycles. The minimum atomic E-state index is -1.04. The minimum absolute atomic E-state index is 0.241. The van der Waals surface area contributed by atoms with Crippen LogP contribution in [-0.2, 0) is 16.0 Å². The van der Waals surface area contributed by atoms with E-state index < -0.39 is 12.0 Å². The second-order valence-electron chi connectivity index (χ2n) is 5.41. The molecule has 3 atom stereocenters. The van der Waals surface area contributed by atoms with Crippen molar-refractivity contribution < 1.29 is 19.4 Å². The fourth-order valence-electron chi connectivity index (χ4n) is 2.33. The lowest BCUT2D eigenvalue weighted by atomic mass is 10.1. The molecule has 1 aromatic rings. The van der Waals surface area contributed by atoms with E-state index in [9.17, 15) is 9.59 Å². The van der Waals surface area contributed by atoms with E-state index in [0.717, 1.165) is 18.4 Å². The maximum atomic E-state index is 11.9. The SMILES string of the molecule is C[C@@H]1CCC(C(=O)Oc2ccc(C[C@H](N)C(=O)O)cc2)N1. The highest BCUT2D eigenvalue weighted by Crippen LogP contribution is 2.17. The molecule has 1 aliphatic heterocycles. The van der Waals surface area contributed by atoms with E-state index in [-0.39, 0.29) is 18.4 Å². The molecule has 1 heterocycles. The van der Waals surface area contributed by atoms with Gasteiger partial charge in [-0.1, -0.05) is 12.1 Å². The highest BCUT2D eigenvalue weighted by molar-refractivity contribution is 5.78. The van der Waals surface area contributed by atoms with Crippen LogP contribution in [0, 0.1) is 0 Å². The van der Waals surface area contributed by atoms with Crippen molar-refractivity contribution in [3.05, 3.63) is 29.8 Å². The number of carboxylic acid groups (broad SMARTS) is 1. The van der Waals surface area contributed by atoms with E-state index in [1.165, 1.54) is 0 Å². The standard InChI is InChI=1S/C15H20N2O4/c1-9-2-7-13(17-9)15(20)21-11-5-3-10(4-6-11)8-12(16)14(18)19/h3-6,9,12-13,17H,2,7-8,16H2,1H3,(H,18,19)/t9-,12+,13?/m1/s1. The highest BCUT2D eigenvalue weighted by atomic mass is 16.5.